The van der Waals surface area contributed by atoms with Gasteiger partial charge in [0.1, 0.15) is 0 Å². The van der Waals surface area contributed by atoms with Crippen molar-refractivity contribution in [3.63, 3.8) is 0 Å². The maximum Gasteiger partial charge on any atom is 0.0899 e. The molecule has 126 valence electrons. The smallest absolute Gasteiger partial charge is 0.0899 e. The monoisotopic (exact) mass is 300 g/mol. The molecule has 2 N–H and O–H groups in total. The van der Waals surface area contributed by atoms with Gasteiger partial charge in [-0.05, 0) is 50.6 Å². The number of hydrogen-bond acceptors (Lipinski definition) is 4. The molecule has 0 bridgehead atoms. The molecule has 0 aromatic carbocycles. The Bertz CT molecular complexity index is 291. The van der Waals surface area contributed by atoms with E-state index in [1.54, 1.807) is 7.11 Å². The summed E-state index contributed by atoms with van der Waals surface area (Å²) < 4.78 is 5.01. The van der Waals surface area contributed by atoms with Crippen LogP contribution >= 0.6 is 0 Å². The van der Waals surface area contributed by atoms with Crippen LogP contribution in [0.3, 0.4) is 0 Å². The molecule has 0 radical (unpaired) electrons. The zero-order valence-electron chi connectivity index (χ0n) is 14.9. The Kier molecular flexibility index (Phi) is 7.62. The molecule has 1 aliphatic carbocycles. The minimum absolute atomic E-state index is 0.393. The van der Waals surface area contributed by atoms with E-state index in [4.69, 9.17) is 4.74 Å². The zero-order valence-corrected chi connectivity index (χ0v) is 14.9. The van der Waals surface area contributed by atoms with Gasteiger partial charge in [-0.15, -0.1) is 0 Å². The Morgan fingerprint density at radius 3 is 2.52 bits per heavy atom. The predicted molar refractivity (Wildman–Crippen MR) is 88.5 cm³/mol. The molecule has 0 saturated heterocycles. The van der Waals surface area contributed by atoms with Crippen LogP contribution in [0.4, 0.5) is 0 Å². The first-order chi connectivity index (χ1) is 9.77. The van der Waals surface area contributed by atoms with E-state index in [9.17, 15) is 5.11 Å². The number of methoxy groups -OCH3 is 1. The first-order valence-electron chi connectivity index (χ1n) is 8.30. The van der Waals surface area contributed by atoms with Crippen LogP contribution in [-0.4, -0.2) is 63.1 Å². The Labute approximate surface area is 131 Å². The number of rotatable bonds is 7. The standard InChI is InChI=1S/C17H36N2O2/c1-17(2,3)14-7-8-16(18-4)13(9-14)10-19(5)11-15(20)12-21-6/h13-16,18,20H,7-12H2,1-6H3. The van der Waals surface area contributed by atoms with Gasteiger partial charge in [0.05, 0.1) is 12.7 Å². The van der Waals surface area contributed by atoms with Gasteiger partial charge in [0.25, 0.3) is 0 Å². The number of aliphatic hydroxyl groups is 1. The molecule has 21 heavy (non-hydrogen) atoms. The second kappa shape index (κ2) is 8.47. The van der Waals surface area contributed by atoms with Gasteiger partial charge in [-0.3, -0.25) is 0 Å². The molecule has 0 aromatic rings. The lowest BCUT2D eigenvalue weighted by Gasteiger charge is -2.43. The quantitative estimate of drug-likeness (QED) is 0.754. The molecule has 4 heteroatoms. The summed E-state index contributed by atoms with van der Waals surface area (Å²) >= 11 is 0. The molecule has 0 aromatic heterocycles. The third kappa shape index (κ3) is 6.23. The molecule has 4 nitrogen and oxygen atoms in total. The van der Waals surface area contributed by atoms with Crippen molar-refractivity contribution >= 4 is 0 Å². The summed E-state index contributed by atoms with van der Waals surface area (Å²) in [5, 5.41) is 13.4. The summed E-state index contributed by atoms with van der Waals surface area (Å²) in [6.45, 7) is 9.22. The van der Waals surface area contributed by atoms with Crippen molar-refractivity contribution in [1.82, 2.24) is 10.2 Å². The van der Waals surface area contributed by atoms with E-state index in [1.807, 2.05) is 0 Å². The van der Waals surface area contributed by atoms with Crippen molar-refractivity contribution in [3.05, 3.63) is 0 Å². The molecule has 0 aliphatic heterocycles. The molecule has 0 spiro atoms. The van der Waals surface area contributed by atoms with E-state index in [-0.39, 0.29) is 0 Å². The van der Waals surface area contributed by atoms with Crippen LogP contribution in [0, 0.1) is 17.3 Å². The van der Waals surface area contributed by atoms with Gasteiger partial charge >= 0.3 is 0 Å². The minimum Gasteiger partial charge on any atom is -0.389 e. The lowest BCUT2D eigenvalue weighted by molar-refractivity contribution is 0.0321. The second-order valence-corrected chi connectivity index (χ2v) is 7.86. The summed E-state index contributed by atoms with van der Waals surface area (Å²) in [6, 6.07) is 0.602. The molecule has 4 unspecified atom stereocenters. The van der Waals surface area contributed by atoms with E-state index < -0.39 is 6.10 Å². The molecule has 1 aliphatic rings. The van der Waals surface area contributed by atoms with E-state index in [2.05, 4.69) is 45.1 Å². The molecule has 1 saturated carbocycles. The second-order valence-electron chi connectivity index (χ2n) is 7.86. The van der Waals surface area contributed by atoms with Crippen molar-refractivity contribution < 1.29 is 9.84 Å². The molecule has 0 heterocycles. The minimum atomic E-state index is -0.393. The van der Waals surface area contributed by atoms with E-state index in [0.29, 0.717) is 30.5 Å². The summed E-state index contributed by atoms with van der Waals surface area (Å²) in [5.41, 5.74) is 0.394. The number of nitrogens with zero attached hydrogens (tertiary/aromatic N) is 1. The Hall–Kier alpha value is -0.160. The fraction of sp³-hybridized carbons (Fsp3) is 1.00. The lowest BCUT2D eigenvalue weighted by atomic mass is 9.67. The summed E-state index contributed by atoms with van der Waals surface area (Å²) in [5.74, 6) is 1.46. The predicted octanol–water partition coefficient (Wildman–Crippen LogP) is 1.98. The Morgan fingerprint density at radius 2 is 2.00 bits per heavy atom. The normalized spacial score (nSPS) is 28.9. The lowest BCUT2D eigenvalue weighted by Crippen LogP contribution is -2.47. The van der Waals surface area contributed by atoms with Crippen LogP contribution in [-0.2, 0) is 4.74 Å². The van der Waals surface area contributed by atoms with Crippen LogP contribution in [0.25, 0.3) is 0 Å². The highest BCUT2D eigenvalue weighted by molar-refractivity contribution is 4.89. The third-order valence-corrected chi connectivity index (χ3v) is 5.01. The van der Waals surface area contributed by atoms with Gasteiger partial charge in [0.15, 0.2) is 0 Å². The van der Waals surface area contributed by atoms with E-state index in [0.717, 1.165) is 12.5 Å². The number of likely N-dealkylation sites (N-methyl/N-ethyl adjacent to an activating group) is 1. The van der Waals surface area contributed by atoms with Crippen LogP contribution in [0.1, 0.15) is 40.0 Å². The summed E-state index contributed by atoms with van der Waals surface area (Å²) in [7, 11) is 5.82. The largest absolute Gasteiger partial charge is 0.389 e. The van der Waals surface area contributed by atoms with Gasteiger partial charge in [-0.25, -0.2) is 0 Å². The van der Waals surface area contributed by atoms with Crippen molar-refractivity contribution in [1.29, 1.82) is 0 Å². The molecule has 1 fully saturated rings. The first-order valence-corrected chi connectivity index (χ1v) is 8.30. The van der Waals surface area contributed by atoms with Crippen LogP contribution in [0.5, 0.6) is 0 Å². The van der Waals surface area contributed by atoms with Crippen LogP contribution in [0.2, 0.25) is 0 Å². The summed E-state index contributed by atoms with van der Waals surface area (Å²) in [4.78, 5) is 2.25. The molecular formula is C17H36N2O2. The maximum atomic E-state index is 9.87. The van der Waals surface area contributed by atoms with Gasteiger partial charge in [0, 0.05) is 26.2 Å². The van der Waals surface area contributed by atoms with Crippen molar-refractivity contribution in [2.75, 3.05) is 40.9 Å². The highest BCUT2D eigenvalue weighted by Gasteiger charge is 2.35. The van der Waals surface area contributed by atoms with E-state index in [1.165, 1.54) is 19.3 Å². The Morgan fingerprint density at radius 1 is 1.33 bits per heavy atom. The number of aliphatic hydroxyl groups excluding tert-OH is 1. The van der Waals surface area contributed by atoms with Crippen LogP contribution in [0.15, 0.2) is 0 Å². The fourth-order valence-corrected chi connectivity index (χ4v) is 3.71. The summed E-state index contributed by atoms with van der Waals surface area (Å²) in [6.07, 6.45) is 3.47. The van der Waals surface area contributed by atoms with Gasteiger partial charge < -0.3 is 20.1 Å². The SMILES string of the molecule is CNC1CCC(C(C)(C)C)CC1CN(C)CC(O)COC. The van der Waals surface area contributed by atoms with Gasteiger partial charge in [-0.2, -0.15) is 0 Å². The molecular weight excluding hydrogens is 264 g/mol. The first kappa shape index (κ1) is 18.9. The highest BCUT2D eigenvalue weighted by Crippen LogP contribution is 2.40. The average molecular weight is 300 g/mol. The number of ether oxygens (including phenoxy) is 1. The topological polar surface area (TPSA) is 44.7 Å². The number of nitrogens with one attached hydrogen (secondary N) is 1. The molecule has 1 rings (SSSR count). The van der Waals surface area contributed by atoms with Crippen molar-refractivity contribution in [2.45, 2.75) is 52.2 Å². The van der Waals surface area contributed by atoms with Crippen molar-refractivity contribution in [2.24, 2.45) is 17.3 Å². The number of hydrogen-bond donors (Lipinski definition) is 2. The Balaban J connectivity index is 2.55. The zero-order chi connectivity index (χ0) is 16.0. The molecule has 4 atom stereocenters. The highest BCUT2D eigenvalue weighted by atomic mass is 16.5. The maximum absolute atomic E-state index is 9.87. The van der Waals surface area contributed by atoms with Crippen molar-refractivity contribution in [3.8, 4) is 0 Å². The average Bonchev–Trinajstić information content (AvgIpc) is 2.37. The fourth-order valence-electron chi connectivity index (χ4n) is 3.71. The van der Waals surface area contributed by atoms with E-state index >= 15 is 0 Å². The third-order valence-electron chi connectivity index (χ3n) is 5.01. The van der Waals surface area contributed by atoms with Crippen LogP contribution < -0.4 is 5.32 Å². The molecule has 0 amide bonds. The van der Waals surface area contributed by atoms with Gasteiger partial charge in [-0.1, -0.05) is 20.8 Å². The van der Waals surface area contributed by atoms with Gasteiger partial charge in [0.2, 0.25) is 0 Å².